The van der Waals surface area contributed by atoms with Crippen LogP contribution in [0.4, 0.5) is 5.82 Å². The van der Waals surface area contributed by atoms with Crippen LogP contribution < -0.4 is 10.2 Å². The van der Waals surface area contributed by atoms with E-state index in [9.17, 15) is 10.2 Å². The van der Waals surface area contributed by atoms with Gasteiger partial charge in [-0.3, -0.25) is 5.32 Å². The molecule has 2 unspecified atom stereocenters. The number of piperidine rings is 1. The molecule has 8 heteroatoms. The topological polar surface area (TPSA) is 121 Å². The molecule has 3 heterocycles. The van der Waals surface area contributed by atoms with Crippen LogP contribution in [0.25, 0.3) is 11.0 Å². The van der Waals surface area contributed by atoms with Gasteiger partial charge in [0.15, 0.2) is 0 Å². The second-order valence-corrected chi connectivity index (χ2v) is 8.70. The van der Waals surface area contributed by atoms with Crippen molar-refractivity contribution >= 4 is 16.9 Å². The highest BCUT2D eigenvalue weighted by Gasteiger charge is 2.55. The predicted molar refractivity (Wildman–Crippen MR) is 116 cm³/mol. The van der Waals surface area contributed by atoms with Crippen molar-refractivity contribution in [3.8, 4) is 6.07 Å². The van der Waals surface area contributed by atoms with E-state index in [4.69, 9.17) is 5.26 Å². The lowest BCUT2D eigenvalue weighted by Crippen LogP contribution is -2.51. The Kier molecular flexibility index (Phi) is 5.10. The first-order valence-corrected chi connectivity index (χ1v) is 10.7. The van der Waals surface area contributed by atoms with Gasteiger partial charge in [-0.15, -0.1) is 0 Å². The molecule has 2 aliphatic rings. The SMILES string of the molecule is N#Cc1ccc([C@@H](CO)NC(O)C2CCN(c3ncnc4[nH]ccc34)CC23CC3)cc1. The molecule has 2 fully saturated rings. The van der Waals surface area contributed by atoms with E-state index in [1.807, 2.05) is 24.4 Å². The van der Waals surface area contributed by atoms with Gasteiger partial charge in [0.2, 0.25) is 0 Å². The van der Waals surface area contributed by atoms with E-state index >= 15 is 0 Å². The molecule has 1 aliphatic carbocycles. The van der Waals surface area contributed by atoms with Crippen LogP contribution in [0.5, 0.6) is 0 Å². The van der Waals surface area contributed by atoms with Crippen molar-refractivity contribution in [3.05, 3.63) is 54.0 Å². The summed E-state index contributed by atoms with van der Waals surface area (Å²) in [5, 5.41) is 34.2. The number of nitriles is 1. The van der Waals surface area contributed by atoms with Gasteiger partial charge in [-0.1, -0.05) is 12.1 Å². The van der Waals surface area contributed by atoms with E-state index in [0.29, 0.717) is 5.56 Å². The smallest absolute Gasteiger partial charge is 0.142 e. The number of hydrogen-bond donors (Lipinski definition) is 4. The summed E-state index contributed by atoms with van der Waals surface area (Å²) in [6.45, 7) is 1.54. The molecule has 4 N–H and O–H groups in total. The van der Waals surface area contributed by atoms with E-state index in [-0.39, 0.29) is 24.0 Å². The summed E-state index contributed by atoms with van der Waals surface area (Å²) < 4.78 is 0. The van der Waals surface area contributed by atoms with Gasteiger partial charge in [0.25, 0.3) is 0 Å². The zero-order chi connectivity index (χ0) is 21.4. The average molecular weight is 419 g/mol. The molecule has 0 bridgehead atoms. The molecule has 1 saturated heterocycles. The average Bonchev–Trinajstić information content (AvgIpc) is 3.38. The third-order valence-corrected chi connectivity index (χ3v) is 6.90. The van der Waals surface area contributed by atoms with Crippen molar-refractivity contribution in [1.29, 1.82) is 5.26 Å². The number of fused-ring (bicyclic) bond motifs is 1. The van der Waals surface area contributed by atoms with Crippen LogP contribution in [0, 0.1) is 22.7 Å². The van der Waals surface area contributed by atoms with Gasteiger partial charge in [0.1, 0.15) is 24.0 Å². The van der Waals surface area contributed by atoms with Crippen molar-refractivity contribution < 1.29 is 10.2 Å². The van der Waals surface area contributed by atoms with Crippen molar-refractivity contribution in [2.75, 3.05) is 24.6 Å². The molecule has 5 rings (SSSR count). The molecular formula is C23H26N6O2. The van der Waals surface area contributed by atoms with Gasteiger partial charge in [-0.2, -0.15) is 5.26 Å². The van der Waals surface area contributed by atoms with Gasteiger partial charge >= 0.3 is 0 Å². The Morgan fingerprint density at radius 2 is 2.06 bits per heavy atom. The molecule has 31 heavy (non-hydrogen) atoms. The number of anilines is 1. The van der Waals surface area contributed by atoms with Crippen LogP contribution >= 0.6 is 0 Å². The second kappa shape index (κ2) is 7.93. The predicted octanol–water partition coefficient (Wildman–Crippen LogP) is 2.08. The number of nitrogens with zero attached hydrogens (tertiary/aromatic N) is 4. The van der Waals surface area contributed by atoms with Gasteiger partial charge < -0.3 is 20.1 Å². The van der Waals surface area contributed by atoms with Crippen LogP contribution in [-0.2, 0) is 0 Å². The Morgan fingerprint density at radius 3 is 2.77 bits per heavy atom. The van der Waals surface area contributed by atoms with Crippen molar-refractivity contribution in [2.45, 2.75) is 31.5 Å². The number of nitrogens with one attached hydrogen (secondary N) is 2. The molecule has 0 radical (unpaired) electrons. The maximum Gasteiger partial charge on any atom is 0.142 e. The first-order chi connectivity index (χ1) is 15.1. The highest BCUT2D eigenvalue weighted by Crippen LogP contribution is 2.57. The molecule has 1 spiro atoms. The molecule has 2 aromatic heterocycles. The van der Waals surface area contributed by atoms with Gasteiger partial charge in [0, 0.05) is 25.2 Å². The summed E-state index contributed by atoms with van der Waals surface area (Å²) in [7, 11) is 0. The number of aliphatic hydroxyl groups is 2. The number of rotatable bonds is 6. The normalized spacial score (nSPS) is 21.7. The summed E-state index contributed by atoms with van der Waals surface area (Å²) in [6.07, 6.45) is 5.77. The quantitative estimate of drug-likeness (QED) is 0.452. The number of aromatic amines is 1. The number of benzene rings is 1. The monoisotopic (exact) mass is 418 g/mol. The van der Waals surface area contributed by atoms with E-state index in [0.717, 1.165) is 54.8 Å². The first-order valence-electron chi connectivity index (χ1n) is 10.7. The fraction of sp³-hybridized carbons (Fsp3) is 0.435. The van der Waals surface area contributed by atoms with Crippen molar-refractivity contribution in [2.24, 2.45) is 11.3 Å². The van der Waals surface area contributed by atoms with Crippen LogP contribution in [0.2, 0.25) is 0 Å². The lowest BCUT2D eigenvalue weighted by atomic mass is 9.80. The fourth-order valence-corrected chi connectivity index (χ4v) is 5.02. The molecule has 1 aromatic carbocycles. The van der Waals surface area contributed by atoms with Crippen LogP contribution in [0.15, 0.2) is 42.9 Å². The van der Waals surface area contributed by atoms with E-state index in [1.165, 1.54) is 0 Å². The zero-order valence-corrected chi connectivity index (χ0v) is 17.2. The summed E-state index contributed by atoms with van der Waals surface area (Å²) in [5.74, 6) is 1.06. The Hall–Kier alpha value is -2.99. The maximum atomic E-state index is 11.1. The van der Waals surface area contributed by atoms with Crippen molar-refractivity contribution in [3.63, 3.8) is 0 Å². The Labute approximate surface area is 180 Å². The largest absolute Gasteiger partial charge is 0.394 e. The molecule has 160 valence electrons. The van der Waals surface area contributed by atoms with E-state index < -0.39 is 6.23 Å². The molecule has 8 nitrogen and oxygen atoms in total. The number of aliphatic hydroxyl groups excluding tert-OH is 2. The Morgan fingerprint density at radius 1 is 1.26 bits per heavy atom. The highest BCUT2D eigenvalue weighted by atomic mass is 16.3. The third-order valence-electron chi connectivity index (χ3n) is 6.90. The summed E-state index contributed by atoms with van der Waals surface area (Å²) in [6, 6.07) is 10.9. The highest BCUT2D eigenvalue weighted by molar-refractivity contribution is 5.87. The van der Waals surface area contributed by atoms with Gasteiger partial charge in [-0.25, -0.2) is 9.97 Å². The van der Waals surface area contributed by atoms with Gasteiger partial charge in [-0.05, 0) is 48.4 Å². The maximum absolute atomic E-state index is 11.1. The standard InChI is InChI=1S/C23H26N6O2/c24-11-15-1-3-16(4-2-15)19(12-30)28-22(31)18-6-10-29(13-23(18)7-8-23)21-17-5-9-25-20(17)26-14-27-21/h1-5,9,14,18-19,22,28,30-31H,6-8,10,12-13H2,(H,25,26,27)/t18?,19-,22?/m1/s1. The molecular weight excluding hydrogens is 392 g/mol. The lowest BCUT2D eigenvalue weighted by molar-refractivity contribution is 0.00877. The van der Waals surface area contributed by atoms with Crippen LogP contribution in [0.3, 0.4) is 0 Å². The fourth-order valence-electron chi connectivity index (χ4n) is 5.02. The zero-order valence-electron chi connectivity index (χ0n) is 17.2. The van der Waals surface area contributed by atoms with Gasteiger partial charge in [0.05, 0.1) is 29.7 Å². The minimum Gasteiger partial charge on any atom is -0.394 e. The lowest BCUT2D eigenvalue weighted by Gasteiger charge is -2.42. The van der Waals surface area contributed by atoms with Crippen LogP contribution in [0.1, 0.15) is 36.4 Å². The first kappa shape index (κ1) is 19.9. The Bertz CT molecular complexity index is 1100. The second-order valence-electron chi connectivity index (χ2n) is 8.70. The van der Waals surface area contributed by atoms with E-state index in [2.05, 4.69) is 31.2 Å². The summed E-state index contributed by atoms with van der Waals surface area (Å²) in [4.78, 5) is 14.3. The Balaban J connectivity index is 1.30. The van der Waals surface area contributed by atoms with Crippen LogP contribution in [-0.4, -0.2) is 51.1 Å². The molecule has 0 amide bonds. The molecule has 3 aromatic rings. The molecule has 1 saturated carbocycles. The molecule has 3 atom stereocenters. The minimum atomic E-state index is -0.713. The number of hydrogen-bond acceptors (Lipinski definition) is 7. The van der Waals surface area contributed by atoms with Crippen molar-refractivity contribution in [1.82, 2.24) is 20.3 Å². The van der Waals surface area contributed by atoms with E-state index in [1.54, 1.807) is 18.5 Å². The minimum absolute atomic E-state index is 0.0585. The summed E-state index contributed by atoms with van der Waals surface area (Å²) in [5.41, 5.74) is 2.33. The molecule has 1 aliphatic heterocycles. The third kappa shape index (κ3) is 3.65. The summed E-state index contributed by atoms with van der Waals surface area (Å²) >= 11 is 0. The number of H-pyrrole nitrogens is 1. The number of aromatic nitrogens is 3.